The van der Waals surface area contributed by atoms with Crippen molar-refractivity contribution in [2.45, 2.75) is 66.3 Å². The highest BCUT2D eigenvalue weighted by molar-refractivity contribution is 5.74. The minimum absolute atomic E-state index is 0.249. The van der Waals surface area contributed by atoms with Gasteiger partial charge in [0, 0.05) is 5.54 Å². The van der Waals surface area contributed by atoms with Crippen LogP contribution in [-0.2, 0) is 9.53 Å². The molecule has 18 heavy (non-hydrogen) atoms. The molecule has 2 N–H and O–H groups in total. The van der Waals surface area contributed by atoms with Crippen LogP contribution < -0.4 is 5.73 Å². The van der Waals surface area contributed by atoms with E-state index in [0.717, 1.165) is 19.3 Å². The summed E-state index contributed by atoms with van der Waals surface area (Å²) in [6, 6.07) is 0. The number of hydrogen-bond acceptors (Lipinski definition) is 3. The van der Waals surface area contributed by atoms with Crippen molar-refractivity contribution in [2.75, 3.05) is 0 Å². The second-order valence-electron chi connectivity index (χ2n) is 5.70. The number of allylic oxidation sites excluding steroid dienone is 2. The van der Waals surface area contributed by atoms with E-state index >= 15 is 0 Å². The minimum atomic E-state index is -0.549. The first-order valence-corrected chi connectivity index (χ1v) is 6.89. The zero-order valence-electron chi connectivity index (χ0n) is 12.7. The molecule has 0 saturated heterocycles. The van der Waals surface area contributed by atoms with E-state index in [1.807, 2.05) is 26.8 Å². The van der Waals surface area contributed by atoms with E-state index in [-0.39, 0.29) is 11.9 Å². The van der Waals surface area contributed by atoms with Crippen molar-refractivity contribution in [3.8, 4) is 0 Å². The zero-order chi connectivity index (χ0) is 14.3. The molecule has 0 spiro atoms. The lowest BCUT2D eigenvalue weighted by Gasteiger charge is -2.25. The Kier molecular flexibility index (Phi) is 7.22. The third kappa shape index (κ3) is 6.20. The number of rotatable bonds is 7. The van der Waals surface area contributed by atoms with E-state index in [1.165, 1.54) is 0 Å². The standard InChI is InChI=1S/C15H29NO2/c1-7-13(8-2)10-9-11(3)18-14(17)12(4)15(5,6)16/h9,12-13H,7-8,10,16H2,1-6H3/b11-9-. The maximum Gasteiger partial charge on any atom is 0.315 e. The summed E-state index contributed by atoms with van der Waals surface area (Å²) in [5.41, 5.74) is 5.35. The summed E-state index contributed by atoms with van der Waals surface area (Å²) in [6.07, 6.45) is 5.28. The van der Waals surface area contributed by atoms with Gasteiger partial charge in [-0.1, -0.05) is 33.6 Å². The van der Waals surface area contributed by atoms with E-state index in [4.69, 9.17) is 10.5 Å². The van der Waals surface area contributed by atoms with Crippen LogP contribution in [0.2, 0.25) is 0 Å². The van der Waals surface area contributed by atoms with Crippen LogP contribution in [0.4, 0.5) is 0 Å². The van der Waals surface area contributed by atoms with Gasteiger partial charge in [0.15, 0.2) is 0 Å². The second kappa shape index (κ2) is 7.57. The van der Waals surface area contributed by atoms with Gasteiger partial charge in [0.2, 0.25) is 0 Å². The maximum absolute atomic E-state index is 11.8. The first kappa shape index (κ1) is 17.2. The van der Waals surface area contributed by atoms with E-state index in [1.54, 1.807) is 6.92 Å². The van der Waals surface area contributed by atoms with Gasteiger partial charge in [-0.15, -0.1) is 0 Å². The van der Waals surface area contributed by atoms with Crippen molar-refractivity contribution in [3.63, 3.8) is 0 Å². The molecule has 106 valence electrons. The lowest BCUT2D eigenvalue weighted by atomic mass is 9.90. The summed E-state index contributed by atoms with van der Waals surface area (Å²) in [7, 11) is 0. The van der Waals surface area contributed by atoms with Gasteiger partial charge in [-0.3, -0.25) is 4.79 Å². The highest BCUT2D eigenvalue weighted by atomic mass is 16.5. The zero-order valence-corrected chi connectivity index (χ0v) is 12.7. The van der Waals surface area contributed by atoms with Crippen LogP contribution in [0.25, 0.3) is 0 Å². The molecule has 0 aliphatic rings. The quantitative estimate of drug-likeness (QED) is 0.558. The van der Waals surface area contributed by atoms with Gasteiger partial charge in [0.1, 0.15) is 5.76 Å². The van der Waals surface area contributed by atoms with Gasteiger partial charge in [-0.2, -0.15) is 0 Å². The Labute approximate surface area is 112 Å². The molecule has 0 saturated carbocycles. The fourth-order valence-electron chi connectivity index (χ4n) is 1.55. The van der Waals surface area contributed by atoms with Gasteiger partial charge in [-0.25, -0.2) is 0 Å². The summed E-state index contributed by atoms with van der Waals surface area (Å²) in [5.74, 6) is 0.791. The van der Waals surface area contributed by atoms with Crippen LogP contribution in [0.1, 0.15) is 60.8 Å². The predicted octanol–water partition coefficient (Wildman–Crippen LogP) is 3.63. The van der Waals surface area contributed by atoms with Crippen molar-refractivity contribution in [2.24, 2.45) is 17.6 Å². The number of nitrogens with two attached hydrogens (primary N) is 1. The molecule has 0 aromatic rings. The average Bonchev–Trinajstić information content (AvgIpc) is 2.28. The molecule has 0 bridgehead atoms. The van der Waals surface area contributed by atoms with Crippen LogP contribution in [0.15, 0.2) is 11.8 Å². The molecule has 0 heterocycles. The molecule has 1 atom stereocenters. The largest absolute Gasteiger partial charge is 0.431 e. The second-order valence-corrected chi connectivity index (χ2v) is 5.70. The maximum atomic E-state index is 11.8. The summed E-state index contributed by atoms with van der Waals surface area (Å²) in [4.78, 5) is 11.8. The van der Waals surface area contributed by atoms with Crippen LogP contribution in [-0.4, -0.2) is 11.5 Å². The Morgan fingerprint density at radius 2 is 1.83 bits per heavy atom. The molecule has 0 aromatic heterocycles. The Balaban J connectivity index is 4.35. The monoisotopic (exact) mass is 255 g/mol. The Morgan fingerprint density at radius 1 is 1.33 bits per heavy atom. The number of hydrogen-bond donors (Lipinski definition) is 1. The van der Waals surface area contributed by atoms with Gasteiger partial charge >= 0.3 is 5.97 Å². The first-order valence-electron chi connectivity index (χ1n) is 6.89. The molecule has 0 aliphatic carbocycles. The summed E-state index contributed by atoms with van der Waals surface area (Å²) < 4.78 is 5.32. The fourth-order valence-corrected chi connectivity index (χ4v) is 1.55. The number of carbonyl (C=O) groups excluding carboxylic acids is 1. The first-order chi connectivity index (χ1) is 8.22. The van der Waals surface area contributed by atoms with Gasteiger partial charge in [0.25, 0.3) is 0 Å². The van der Waals surface area contributed by atoms with Crippen molar-refractivity contribution < 1.29 is 9.53 Å². The molecule has 0 aromatic carbocycles. The molecule has 1 unspecified atom stereocenters. The summed E-state index contributed by atoms with van der Waals surface area (Å²) >= 11 is 0. The Bertz CT molecular complexity index is 285. The predicted molar refractivity (Wildman–Crippen MR) is 76.0 cm³/mol. The highest BCUT2D eigenvalue weighted by Gasteiger charge is 2.28. The van der Waals surface area contributed by atoms with Crippen LogP contribution >= 0.6 is 0 Å². The Hall–Kier alpha value is -0.830. The fraction of sp³-hybridized carbons (Fsp3) is 0.800. The average molecular weight is 255 g/mol. The lowest BCUT2D eigenvalue weighted by molar-refractivity contribution is -0.145. The molecule has 0 amide bonds. The van der Waals surface area contributed by atoms with E-state index < -0.39 is 5.54 Å². The minimum Gasteiger partial charge on any atom is -0.431 e. The molecule has 0 radical (unpaired) electrons. The van der Waals surface area contributed by atoms with Crippen LogP contribution in [0.5, 0.6) is 0 Å². The molecule has 0 fully saturated rings. The van der Waals surface area contributed by atoms with Gasteiger partial charge in [-0.05, 0) is 39.2 Å². The Morgan fingerprint density at radius 3 is 2.22 bits per heavy atom. The smallest absolute Gasteiger partial charge is 0.315 e. The van der Waals surface area contributed by atoms with Gasteiger partial charge in [0.05, 0.1) is 5.92 Å². The number of ether oxygens (including phenoxy) is 1. The summed E-state index contributed by atoms with van der Waals surface area (Å²) in [6.45, 7) is 11.7. The third-order valence-electron chi connectivity index (χ3n) is 3.62. The molecular formula is C15H29NO2. The van der Waals surface area contributed by atoms with Crippen molar-refractivity contribution >= 4 is 5.97 Å². The molecule has 0 aliphatic heterocycles. The summed E-state index contributed by atoms with van der Waals surface area (Å²) in [5, 5.41) is 0. The van der Waals surface area contributed by atoms with Crippen molar-refractivity contribution in [1.29, 1.82) is 0 Å². The van der Waals surface area contributed by atoms with Gasteiger partial charge < -0.3 is 10.5 Å². The SMILES string of the molecule is CCC(CC)C/C=C(/C)OC(=O)C(C)C(C)(C)N. The highest BCUT2D eigenvalue weighted by Crippen LogP contribution is 2.18. The molecule has 3 heteroatoms. The van der Waals surface area contributed by atoms with Crippen molar-refractivity contribution in [1.82, 2.24) is 0 Å². The number of esters is 1. The van der Waals surface area contributed by atoms with E-state index in [2.05, 4.69) is 13.8 Å². The lowest BCUT2D eigenvalue weighted by Crippen LogP contribution is -2.43. The van der Waals surface area contributed by atoms with Crippen molar-refractivity contribution in [3.05, 3.63) is 11.8 Å². The van der Waals surface area contributed by atoms with Crippen LogP contribution in [0, 0.1) is 11.8 Å². The van der Waals surface area contributed by atoms with Crippen LogP contribution in [0.3, 0.4) is 0 Å². The van der Waals surface area contributed by atoms with E-state index in [0.29, 0.717) is 11.7 Å². The molecular weight excluding hydrogens is 226 g/mol. The normalized spacial score (nSPS) is 14.8. The molecule has 3 nitrogen and oxygen atoms in total. The molecule has 0 rings (SSSR count). The van der Waals surface area contributed by atoms with E-state index in [9.17, 15) is 4.79 Å². The topological polar surface area (TPSA) is 52.3 Å². The third-order valence-corrected chi connectivity index (χ3v) is 3.62. The number of carbonyl (C=O) groups is 1.